The number of benzene rings is 1. The van der Waals surface area contributed by atoms with Crippen molar-refractivity contribution in [2.75, 3.05) is 6.54 Å². The Morgan fingerprint density at radius 1 is 1.33 bits per heavy atom. The van der Waals surface area contributed by atoms with Crippen LogP contribution in [0.15, 0.2) is 33.9 Å². The smallest absolute Gasteiger partial charge is 0.242 e. The molecule has 2 rings (SSSR count). The second-order valence-corrected chi connectivity index (χ2v) is 7.40. The maximum absolute atomic E-state index is 13.5. The first-order valence-electron chi connectivity index (χ1n) is 5.66. The highest BCUT2D eigenvalue weighted by atomic mass is 35.5. The summed E-state index contributed by atoms with van der Waals surface area (Å²) in [5.41, 5.74) is 0.594. The summed E-state index contributed by atoms with van der Waals surface area (Å²) in [4.78, 5) is -0.427. The van der Waals surface area contributed by atoms with Crippen LogP contribution in [0.1, 0.15) is 11.7 Å². The predicted octanol–water partition coefficient (Wildman–Crippen LogP) is 3.21. The molecule has 1 aromatic heterocycles. The van der Waals surface area contributed by atoms with Gasteiger partial charge >= 0.3 is 0 Å². The zero-order valence-electron chi connectivity index (χ0n) is 10.4. The third-order valence-corrected chi connectivity index (χ3v) is 5.62. The van der Waals surface area contributed by atoms with Crippen LogP contribution in [0.5, 0.6) is 0 Å². The monoisotopic (exact) mass is 369 g/mol. The molecule has 0 aliphatic carbocycles. The van der Waals surface area contributed by atoms with E-state index in [9.17, 15) is 17.9 Å². The summed E-state index contributed by atoms with van der Waals surface area (Å²) in [5, 5.41) is 12.5. The number of aliphatic hydroxyl groups excluding tert-OH is 1. The average molecular weight is 370 g/mol. The number of hydrogen-bond acceptors (Lipinski definition) is 4. The molecular weight excluding hydrogens is 360 g/mol. The highest BCUT2D eigenvalue weighted by molar-refractivity contribution is 7.89. The zero-order valence-corrected chi connectivity index (χ0v) is 13.5. The second kappa shape index (κ2) is 6.60. The molecule has 2 aromatic rings. The van der Waals surface area contributed by atoms with Crippen molar-refractivity contribution in [1.82, 2.24) is 4.72 Å². The molecule has 21 heavy (non-hydrogen) atoms. The first-order chi connectivity index (χ1) is 9.83. The van der Waals surface area contributed by atoms with Gasteiger partial charge in [-0.2, -0.15) is 11.3 Å². The van der Waals surface area contributed by atoms with E-state index in [2.05, 4.69) is 4.72 Å². The minimum atomic E-state index is -4.05. The van der Waals surface area contributed by atoms with Crippen molar-refractivity contribution in [3.8, 4) is 0 Å². The van der Waals surface area contributed by atoms with Crippen molar-refractivity contribution in [2.45, 2.75) is 11.0 Å². The third-order valence-electron chi connectivity index (χ3n) is 2.68. The van der Waals surface area contributed by atoms with E-state index in [0.29, 0.717) is 5.56 Å². The predicted molar refractivity (Wildman–Crippen MR) is 80.9 cm³/mol. The SMILES string of the molecule is O=S(=O)(NCC(O)c1ccsc1)c1ccc(Cl)c(F)c1Cl. The summed E-state index contributed by atoms with van der Waals surface area (Å²) in [7, 11) is -4.05. The van der Waals surface area contributed by atoms with Gasteiger partial charge in [-0.05, 0) is 34.5 Å². The van der Waals surface area contributed by atoms with Gasteiger partial charge in [0, 0.05) is 6.54 Å². The van der Waals surface area contributed by atoms with Gasteiger partial charge in [-0.3, -0.25) is 0 Å². The lowest BCUT2D eigenvalue weighted by molar-refractivity contribution is 0.182. The van der Waals surface area contributed by atoms with E-state index in [-0.39, 0.29) is 11.6 Å². The van der Waals surface area contributed by atoms with Gasteiger partial charge in [0.1, 0.15) is 4.90 Å². The lowest BCUT2D eigenvalue weighted by Gasteiger charge is -2.12. The number of nitrogens with one attached hydrogen (secondary N) is 1. The van der Waals surface area contributed by atoms with Crippen LogP contribution in [0.3, 0.4) is 0 Å². The maximum atomic E-state index is 13.5. The fraction of sp³-hybridized carbons (Fsp3) is 0.167. The van der Waals surface area contributed by atoms with Gasteiger partial charge in [-0.15, -0.1) is 0 Å². The second-order valence-electron chi connectivity index (χ2n) is 4.10. The molecule has 1 unspecified atom stereocenters. The van der Waals surface area contributed by atoms with Gasteiger partial charge in [0.25, 0.3) is 0 Å². The summed E-state index contributed by atoms with van der Waals surface area (Å²) >= 11 is 12.6. The third kappa shape index (κ3) is 3.74. The molecule has 9 heteroatoms. The minimum Gasteiger partial charge on any atom is -0.387 e. The molecule has 0 spiro atoms. The summed E-state index contributed by atoms with van der Waals surface area (Å²) in [6, 6.07) is 3.89. The topological polar surface area (TPSA) is 66.4 Å². The number of rotatable bonds is 5. The number of aliphatic hydroxyl groups is 1. The van der Waals surface area contributed by atoms with Gasteiger partial charge in [0.15, 0.2) is 5.82 Å². The normalized spacial score (nSPS) is 13.3. The van der Waals surface area contributed by atoms with Crippen LogP contribution in [-0.4, -0.2) is 20.1 Å². The van der Waals surface area contributed by atoms with Gasteiger partial charge < -0.3 is 5.11 Å². The molecule has 4 nitrogen and oxygen atoms in total. The van der Waals surface area contributed by atoms with Gasteiger partial charge in [0.2, 0.25) is 10.0 Å². The Kier molecular flexibility index (Phi) is 5.24. The van der Waals surface area contributed by atoms with E-state index in [4.69, 9.17) is 23.2 Å². The van der Waals surface area contributed by atoms with E-state index >= 15 is 0 Å². The van der Waals surface area contributed by atoms with E-state index in [0.717, 1.165) is 12.1 Å². The lowest BCUT2D eigenvalue weighted by atomic mass is 10.2. The zero-order chi connectivity index (χ0) is 15.6. The van der Waals surface area contributed by atoms with Crippen LogP contribution in [0.2, 0.25) is 10.0 Å². The minimum absolute atomic E-state index is 0.250. The van der Waals surface area contributed by atoms with E-state index in [1.54, 1.807) is 16.8 Å². The van der Waals surface area contributed by atoms with Crippen molar-refractivity contribution in [3.05, 3.63) is 50.4 Å². The van der Waals surface area contributed by atoms with Crippen LogP contribution in [0.4, 0.5) is 4.39 Å². The van der Waals surface area contributed by atoms with Crippen LogP contribution in [-0.2, 0) is 10.0 Å². The standard InChI is InChI=1S/C12H10Cl2FNO3S2/c13-8-1-2-10(11(14)12(8)15)21(18,19)16-5-9(17)7-3-4-20-6-7/h1-4,6,9,16-17H,5H2. The molecule has 1 heterocycles. The number of thiophene rings is 1. The Hall–Kier alpha value is -0.700. The van der Waals surface area contributed by atoms with Crippen molar-refractivity contribution in [2.24, 2.45) is 0 Å². The quantitative estimate of drug-likeness (QED) is 0.795. The Bertz CT molecular complexity index is 735. The largest absolute Gasteiger partial charge is 0.387 e. The van der Waals surface area contributed by atoms with E-state index in [1.807, 2.05) is 0 Å². The molecule has 0 bridgehead atoms. The first kappa shape index (κ1) is 16.7. The summed E-state index contributed by atoms with van der Waals surface area (Å²) in [6.07, 6.45) is -0.998. The molecule has 0 saturated heterocycles. The molecule has 0 aliphatic rings. The van der Waals surface area contributed by atoms with Crippen molar-refractivity contribution >= 4 is 44.6 Å². The summed E-state index contributed by atoms with van der Waals surface area (Å²) < 4.78 is 39.9. The highest BCUT2D eigenvalue weighted by Crippen LogP contribution is 2.29. The first-order valence-corrected chi connectivity index (χ1v) is 8.84. The van der Waals surface area contributed by atoms with Crippen LogP contribution < -0.4 is 4.72 Å². The summed E-state index contributed by atoms with van der Waals surface area (Å²) in [6.45, 7) is -0.250. The van der Waals surface area contributed by atoms with Gasteiger partial charge in [-0.25, -0.2) is 17.5 Å². The maximum Gasteiger partial charge on any atom is 0.242 e. The molecule has 0 aliphatic heterocycles. The molecular formula is C12H10Cl2FNO3S2. The fourth-order valence-corrected chi connectivity index (χ4v) is 4.05. The van der Waals surface area contributed by atoms with E-state index in [1.165, 1.54) is 11.3 Å². The van der Waals surface area contributed by atoms with Gasteiger partial charge in [0.05, 0.1) is 16.1 Å². The molecule has 0 fully saturated rings. The van der Waals surface area contributed by atoms with Crippen molar-refractivity contribution in [1.29, 1.82) is 0 Å². The molecule has 1 aromatic carbocycles. The molecule has 2 N–H and O–H groups in total. The Balaban J connectivity index is 2.18. The molecule has 0 saturated carbocycles. The summed E-state index contributed by atoms with van der Waals surface area (Å²) in [5.74, 6) is -1.00. The number of halogens is 3. The van der Waals surface area contributed by atoms with Crippen LogP contribution >= 0.6 is 34.5 Å². The number of hydrogen-bond donors (Lipinski definition) is 2. The average Bonchev–Trinajstić information content (AvgIpc) is 2.96. The number of sulfonamides is 1. The van der Waals surface area contributed by atoms with Crippen molar-refractivity contribution in [3.63, 3.8) is 0 Å². The molecule has 0 amide bonds. The Morgan fingerprint density at radius 3 is 2.67 bits per heavy atom. The molecule has 0 radical (unpaired) electrons. The molecule has 1 atom stereocenters. The molecule has 114 valence electrons. The lowest BCUT2D eigenvalue weighted by Crippen LogP contribution is -2.28. The highest BCUT2D eigenvalue weighted by Gasteiger charge is 2.23. The van der Waals surface area contributed by atoms with Crippen LogP contribution in [0.25, 0.3) is 0 Å². The Morgan fingerprint density at radius 2 is 2.05 bits per heavy atom. The Labute approximate surface area is 135 Å². The van der Waals surface area contributed by atoms with Gasteiger partial charge in [-0.1, -0.05) is 23.2 Å². The van der Waals surface area contributed by atoms with Crippen molar-refractivity contribution < 1.29 is 17.9 Å². The van der Waals surface area contributed by atoms with Crippen LogP contribution in [0, 0.1) is 5.82 Å². The fourth-order valence-electron chi connectivity index (χ4n) is 1.56. The van der Waals surface area contributed by atoms with E-state index < -0.39 is 31.9 Å².